The summed E-state index contributed by atoms with van der Waals surface area (Å²) in [4.78, 5) is 9.31. The molecule has 1 heterocycles. The Morgan fingerprint density at radius 1 is 1.28 bits per heavy atom. The number of nitrogens with two attached hydrogens (primary N) is 1. The maximum absolute atomic E-state index is 5.99. The number of hydrogen-bond donors (Lipinski definition) is 1. The van der Waals surface area contributed by atoms with E-state index in [4.69, 9.17) is 5.73 Å². The van der Waals surface area contributed by atoms with Crippen molar-refractivity contribution in [3.05, 3.63) is 0 Å². The molecule has 2 rings (SSSR count). The van der Waals surface area contributed by atoms with Gasteiger partial charge in [-0.3, -0.25) is 4.99 Å². The van der Waals surface area contributed by atoms with Gasteiger partial charge in [-0.2, -0.15) is 0 Å². The Hall–Kier alpha value is -0.0400. The van der Waals surface area contributed by atoms with Crippen molar-refractivity contribution >= 4 is 29.9 Å². The van der Waals surface area contributed by atoms with Crippen molar-refractivity contribution in [2.24, 2.45) is 16.6 Å². The van der Waals surface area contributed by atoms with Crippen LogP contribution in [0.3, 0.4) is 0 Å². The summed E-state index contributed by atoms with van der Waals surface area (Å²) in [6, 6.07) is 0.907. The third-order valence-corrected chi connectivity index (χ3v) is 3.98. The molecule has 18 heavy (non-hydrogen) atoms. The number of rotatable bonds is 5. The first-order valence-corrected chi connectivity index (χ1v) is 7.03. The van der Waals surface area contributed by atoms with Crippen molar-refractivity contribution in [3.63, 3.8) is 0 Å². The minimum atomic E-state index is 0. The predicted molar refractivity (Wildman–Crippen MR) is 87.5 cm³/mol. The van der Waals surface area contributed by atoms with Crippen molar-refractivity contribution in [1.29, 1.82) is 0 Å². The van der Waals surface area contributed by atoms with Crippen LogP contribution in [-0.2, 0) is 0 Å². The molecule has 106 valence electrons. The fraction of sp³-hybridized carbons (Fsp3) is 0.923. The molecule has 0 aromatic heterocycles. The van der Waals surface area contributed by atoms with Gasteiger partial charge in [-0.05, 0) is 45.6 Å². The third-order valence-electron chi connectivity index (χ3n) is 3.98. The number of hydrogen-bond acceptors (Lipinski definition) is 2. The summed E-state index contributed by atoms with van der Waals surface area (Å²) in [6.07, 6.45) is 4.13. The molecule has 1 saturated carbocycles. The number of guanidine groups is 1. The van der Waals surface area contributed by atoms with Crippen LogP contribution >= 0.6 is 24.0 Å². The van der Waals surface area contributed by atoms with Crippen LogP contribution in [0.4, 0.5) is 0 Å². The molecule has 2 N–H and O–H groups in total. The fourth-order valence-electron chi connectivity index (χ4n) is 2.65. The van der Waals surface area contributed by atoms with E-state index in [1.54, 1.807) is 0 Å². The van der Waals surface area contributed by atoms with Crippen LogP contribution in [0, 0.1) is 5.92 Å². The van der Waals surface area contributed by atoms with E-state index in [0.717, 1.165) is 37.6 Å². The summed E-state index contributed by atoms with van der Waals surface area (Å²) < 4.78 is 0. The van der Waals surface area contributed by atoms with E-state index in [1.165, 1.54) is 32.4 Å². The first kappa shape index (κ1) is 16.0. The second kappa shape index (κ2) is 7.53. The van der Waals surface area contributed by atoms with Gasteiger partial charge in [0, 0.05) is 32.2 Å². The molecule has 0 radical (unpaired) electrons. The van der Waals surface area contributed by atoms with E-state index >= 15 is 0 Å². The molecule has 1 atom stereocenters. The van der Waals surface area contributed by atoms with E-state index in [1.807, 2.05) is 0 Å². The average molecular weight is 366 g/mol. The number of aliphatic imine (C=N–C) groups is 1. The van der Waals surface area contributed by atoms with E-state index in [0.29, 0.717) is 0 Å². The van der Waals surface area contributed by atoms with Crippen molar-refractivity contribution in [1.82, 2.24) is 9.80 Å². The van der Waals surface area contributed by atoms with E-state index in [9.17, 15) is 0 Å². The summed E-state index contributed by atoms with van der Waals surface area (Å²) in [7, 11) is 0. The van der Waals surface area contributed by atoms with Crippen LogP contribution in [0.15, 0.2) is 4.99 Å². The first-order chi connectivity index (χ1) is 8.24. The lowest BCUT2D eigenvalue weighted by Crippen LogP contribution is -2.37. The van der Waals surface area contributed by atoms with Crippen LogP contribution in [0.2, 0.25) is 0 Å². The van der Waals surface area contributed by atoms with Crippen molar-refractivity contribution in [2.45, 2.75) is 39.2 Å². The summed E-state index contributed by atoms with van der Waals surface area (Å²) in [5.74, 6) is 1.45. The zero-order valence-electron chi connectivity index (χ0n) is 11.6. The maximum atomic E-state index is 5.99. The zero-order chi connectivity index (χ0) is 12.3. The highest BCUT2D eigenvalue weighted by molar-refractivity contribution is 14.0. The zero-order valence-corrected chi connectivity index (χ0v) is 14.0. The quantitative estimate of drug-likeness (QED) is 0.458. The average Bonchev–Trinajstić information content (AvgIpc) is 3.08. The number of likely N-dealkylation sites (tertiary alicyclic amines) is 1. The van der Waals surface area contributed by atoms with Crippen molar-refractivity contribution in [3.8, 4) is 0 Å². The van der Waals surface area contributed by atoms with Crippen LogP contribution in [-0.4, -0.2) is 54.5 Å². The van der Waals surface area contributed by atoms with Gasteiger partial charge in [0.1, 0.15) is 0 Å². The highest BCUT2D eigenvalue weighted by Crippen LogP contribution is 2.31. The number of nitrogens with zero attached hydrogens (tertiary/aromatic N) is 3. The lowest BCUT2D eigenvalue weighted by molar-refractivity contribution is 0.315. The molecule has 2 aliphatic rings. The predicted octanol–water partition coefficient (Wildman–Crippen LogP) is 1.75. The summed E-state index contributed by atoms with van der Waals surface area (Å²) in [5, 5.41) is 0. The molecule has 1 unspecified atom stereocenters. The van der Waals surface area contributed by atoms with Gasteiger partial charge in [0.2, 0.25) is 0 Å². The largest absolute Gasteiger partial charge is 0.370 e. The van der Waals surface area contributed by atoms with Gasteiger partial charge >= 0.3 is 0 Å². The second-order valence-electron chi connectivity index (χ2n) is 5.25. The molecule has 4 nitrogen and oxygen atoms in total. The van der Waals surface area contributed by atoms with Crippen molar-refractivity contribution in [2.75, 3.05) is 32.7 Å². The highest BCUT2D eigenvalue weighted by Gasteiger charge is 2.34. The Balaban J connectivity index is 0.00000162. The fourth-order valence-corrected chi connectivity index (χ4v) is 2.65. The monoisotopic (exact) mass is 366 g/mol. The molecule has 1 saturated heterocycles. The molecular weight excluding hydrogens is 339 g/mol. The minimum Gasteiger partial charge on any atom is -0.370 e. The summed E-state index contributed by atoms with van der Waals surface area (Å²) in [5.41, 5.74) is 5.99. The Morgan fingerprint density at radius 3 is 2.50 bits per heavy atom. The smallest absolute Gasteiger partial charge is 0.191 e. The standard InChI is InChI=1S/C13H26N4.HI/c1-3-16(4-2)13(14)15-9-11-7-8-17(10-11)12-5-6-12;/h11-12H,3-10H2,1-2H3,(H2,14,15);1H. The topological polar surface area (TPSA) is 44.9 Å². The first-order valence-electron chi connectivity index (χ1n) is 7.03. The Morgan fingerprint density at radius 2 is 1.94 bits per heavy atom. The van der Waals surface area contributed by atoms with Crippen molar-refractivity contribution < 1.29 is 0 Å². The van der Waals surface area contributed by atoms with Crippen LogP contribution < -0.4 is 5.73 Å². The Labute approximate surface area is 128 Å². The molecule has 0 aromatic rings. The van der Waals surface area contributed by atoms with Gasteiger partial charge in [-0.15, -0.1) is 24.0 Å². The summed E-state index contributed by atoms with van der Waals surface area (Å²) in [6.45, 7) is 9.56. The SMILES string of the molecule is CCN(CC)C(N)=NCC1CCN(C2CC2)C1.I. The van der Waals surface area contributed by atoms with Crippen LogP contribution in [0.5, 0.6) is 0 Å². The minimum absolute atomic E-state index is 0. The van der Waals surface area contributed by atoms with Gasteiger partial charge in [0.05, 0.1) is 0 Å². The second-order valence-corrected chi connectivity index (χ2v) is 5.25. The van der Waals surface area contributed by atoms with Crippen LogP contribution in [0.1, 0.15) is 33.1 Å². The molecule has 0 aromatic carbocycles. The molecule has 0 bridgehead atoms. The molecule has 0 amide bonds. The third kappa shape index (κ3) is 4.26. The summed E-state index contributed by atoms with van der Waals surface area (Å²) >= 11 is 0. The van der Waals surface area contributed by atoms with E-state index in [-0.39, 0.29) is 24.0 Å². The molecule has 2 fully saturated rings. The molecule has 1 aliphatic carbocycles. The normalized spacial score (nSPS) is 25.0. The van der Waals surface area contributed by atoms with Gasteiger partial charge < -0.3 is 15.5 Å². The van der Waals surface area contributed by atoms with E-state index < -0.39 is 0 Å². The van der Waals surface area contributed by atoms with Gasteiger partial charge in [0.15, 0.2) is 5.96 Å². The lowest BCUT2D eigenvalue weighted by atomic mass is 10.1. The van der Waals surface area contributed by atoms with Crippen LogP contribution in [0.25, 0.3) is 0 Å². The Kier molecular flexibility index (Phi) is 6.70. The highest BCUT2D eigenvalue weighted by atomic mass is 127. The Bertz CT molecular complexity index is 274. The molecular formula is C13H27IN4. The maximum Gasteiger partial charge on any atom is 0.191 e. The lowest BCUT2D eigenvalue weighted by Gasteiger charge is -2.20. The molecule has 0 spiro atoms. The number of halogens is 1. The van der Waals surface area contributed by atoms with Gasteiger partial charge in [0.25, 0.3) is 0 Å². The molecule has 5 heteroatoms. The van der Waals surface area contributed by atoms with E-state index in [2.05, 4.69) is 28.6 Å². The van der Waals surface area contributed by atoms with Gasteiger partial charge in [-0.25, -0.2) is 0 Å². The van der Waals surface area contributed by atoms with Gasteiger partial charge in [-0.1, -0.05) is 0 Å². The molecule has 1 aliphatic heterocycles.